The molecule has 3 aromatic rings. The number of rotatable bonds is 9. The molecule has 0 atom stereocenters. The monoisotopic (exact) mass is 458 g/mol. The molecule has 34 heavy (non-hydrogen) atoms. The minimum absolute atomic E-state index is 0.0784. The topological polar surface area (TPSA) is 95.3 Å². The minimum Gasteiger partial charge on any atom is -0.489 e. The summed E-state index contributed by atoms with van der Waals surface area (Å²) in [5, 5.41) is 16.4. The van der Waals surface area contributed by atoms with Gasteiger partial charge in [0.25, 0.3) is 0 Å². The molecular formula is C26H30N6O2. The maximum absolute atomic E-state index is 9.68. The van der Waals surface area contributed by atoms with Crippen molar-refractivity contribution in [1.82, 2.24) is 14.9 Å². The first kappa shape index (κ1) is 23.5. The maximum atomic E-state index is 9.68. The van der Waals surface area contributed by atoms with E-state index in [9.17, 15) is 5.26 Å². The van der Waals surface area contributed by atoms with Crippen molar-refractivity contribution in [2.45, 2.75) is 18.9 Å². The lowest BCUT2D eigenvalue weighted by atomic mass is 10.1. The molecule has 1 fully saturated rings. The van der Waals surface area contributed by atoms with Crippen molar-refractivity contribution in [3.63, 3.8) is 0 Å². The number of nitrogens with one attached hydrogen (secondary N) is 2. The first-order valence-corrected chi connectivity index (χ1v) is 11.5. The Hall–Kier alpha value is -3.67. The fraction of sp³-hybridized carbons (Fsp3) is 0.346. The fourth-order valence-electron chi connectivity index (χ4n) is 3.69. The molecule has 8 heteroatoms. The van der Waals surface area contributed by atoms with Gasteiger partial charge in [-0.1, -0.05) is 6.07 Å². The van der Waals surface area contributed by atoms with Gasteiger partial charge in [-0.25, -0.2) is 9.97 Å². The number of aromatic nitrogens is 2. The Morgan fingerprint density at radius 2 is 1.94 bits per heavy atom. The molecule has 1 aliphatic rings. The van der Waals surface area contributed by atoms with Gasteiger partial charge in [-0.3, -0.25) is 0 Å². The van der Waals surface area contributed by atoms with Crippen LogP contribution in [0.4, 0.5) is 17.3 Å². The fourth-order valence-corrected chi connectivity index (χ4v) is 3.69. The summed E-state index contributed by atoms with van der Waals surface area (Å²) in [4.78, 5) is 11.2. The van der Waals surface area contributed by atoms with Crippen molar-refractivity contribution in [2.24, 2.45) is 0 Å². The molecule has 0 aliphatic carbocycles. The third-order valence-electron chi connectivity index (χ3n) is 5.52. The van der Waals surface area contributed by atoms with Crippen LogP contribution in [0.25, 0.3) is 11.3 Å². The molecule has 0 unspecified atom stereocenters. The lowest BCUT2D eigenvalue weighted by molar-refractivity contribution is 0.0254. The largest absolute Gasteiger partial charge is 0.489 e. The molecule has 2 aromatic carbocycles. The SMILES string of the molecule is CN(C)CCNc1cccc(Nc2nccc(-c3ccc(OC4CCOCC4)c(C#N)c3)n2)c1. The van der Waals surface area contributed by atoms with Gasteiger partial charge in [0.15, 0.2) is 0 Å². The van der Waals surface area contributed by atoms with Gasteiger partial charge in [0.05, 0.1) is 24.5 Å². The Balaban J connectivity index is 1.46. The van der Waals surface area contributed by atoms with Gasteiger partial charge in [0, 0.05) is 49.1 Å². The van der Waals surface area contributed by atoms with Gasteiger partial charge in [0.1, 0.15) is 17.9 Å². The third kappa shape index (κ3) is 6.44. The predicted octanol–water partition coefficient (Wildman–Crippen LogP) is 4.29. The van der Waals surface area contributed by atoms with Gasteiger partial charge in [-0.15, -0.1) is 0 Å². The summed E-state index contributed by atoms with van der Waals surface area (Å²) in [6, 6.07) is 17.7. The van der Waals surface area contributed by atoms with Crippen molar-refractivity contribution < 1.29 is 9.47 Å². The summed E-state index contributed by atoms with van der Waals surface area (Å²) in [5.74, 6) is 1.09. The van der Waals surface area contributed by atoms with Crippen molar-refractivity contribution in [3.8, 4) is 23.1 Å². The number of likely N-dealkylation sites (N-methyl/N-ethyl adjacent to an activating group) is 1. The average molecular weight is 459 g/mol. The van der Waals surface area contributed by atoms with E-state index in [0.717, 1.165) is 48.6 Å². The van der Waals surface area contributed by atoms with Crippen LogP contribution < -0.4 is 15.4 Å². The lowest BCUT2D eigenvalue weighted by Crippen LogP contribution is -2.26. The van der Waals surface area contributed by atoms with Crippen molar-refractivity contribution in [2.75, 3.05) is 51.0 Å². The van der Waals surface area contributed by atoms with Gasteiger partial charge in [0.2, 0.25) is 5.95 Å². The number of hydrogen-bond acceptors (Lipinski definition) is 8. The lowest BCUT2D eigenvalue weighted by Gasteiger charge is -2.23. The Bertz CT molecular complexity index is 1140. The zero-order valence-electron chi connectivity index (χ0n) is 19.6. The van der Waals surface area contributed by atoms with Crippen LogP contribution in [0.3, 0.4) is 0 Å². The van der Waals surface area contributed by atoms with Crippen LogP contribution in [0.5, 0.6) is 5.75 Å². The molecule has 1 saturated heterocycles. The summed E-state index contributed by atoms with van der Waals surface area (Å²) in [6.07, 6.45) is 3.46. The molecule has 2 N–H and O–H groups in total. The predicted molar refractivity (Wildman–Crippen MR) is 133 cm³/mol. The van der Waals surface area contributed by atoms with E-state index in [1.165, 1.54) is 0 Å². The second kappa shape index (κ2) is 11.5. The first-order chi connectivity index (χ1) is 16.6. The van der Waals surface area contributed by atoms with E-state index in [0.29, 0.717) is 30.5 Å². The van der Waals surface area contributed by atoms with E-state index < -0.39 is 0 Å². The normalized spacial score (nSPS) is 13.9. The van der Waals surface area contributed by atoms with Crippen LogP contribution in [0, 0.1) is 11.3 Å². The highest BCUT2D eigenvalue weighted by molar-refractivity contribution is 5.66. The van der Waals surface area contributed by atoms with Crippen molar-refractivity contribution in [1.29, 1.82) is 5.26 Å². The molecule has 2 heterocycles. The van der Waals surface area contributed by atoms with Crippen molar-refractivity contribution in [3.05, 3.63) is 60.3 Å². The quantitative estimate of drug-likeness (QED) is 0.490. The van der Waals surface area contributed by atoms with E-state index >= 15 is 0 Å². The van der Waals surface area contributed by atoms with E-state index in [1.54, 1.807) is 6.20 Å². The first-order valence-electron chi connectivity index (χ1n) is 11.5. The van der Waals surface area contributed by atoms with Gasteiger partial charge in [-0.2, -0.15) is 5.26 Å². The highest BCUT2D eigenvalue weighted by atomic mass is 16.5. The molecule has 0 saturated carbocycles. The zero-order valence-corrected chi connectivity index (χ0v) is 19.6. The molecule has 0 spiro atoms. The Morgan fingerprint density at radius 3 is 2.74 bits per heavy atom. The number of hydrogen-bond donors (Lipinski definition) is 2. The molecule has 0 amide bonds. The molecular weight excluding hydrogens is 428 g/mol. The van der Waals surface area contributed by atoms with Crippen LogP contribution >= 0.6 is 0 Å². The van der Waals surface area contributed by atoms with Crippen LogP contribution in [-0.2, 0) is 4.74 Å². The molecule has 176 valence electrons. The van der Waals surface area contributed by atoms with Crippen LogP contribution in [0.1, 0.15) is 18.4 Å². The van der Waals surface area contributed by atoms with Gasteiger partial charge >= 0.3 is 0 Å². The smallest absolute Gasteiger partial charge is 0.227 e. The Morgan fingerprint density at radius 1 is 1.12 bits per heavy atom. The number of nitriles is 1. The summed E-state index contributed by atoms with van der Waals surface area (Å²) in [6.45, 7) is 3.19. The summed E-state index contributed by atoms with van der Waals surface area (Å²) in [7, 11) is 4.10. The maximum Gasteiger partial charge on any atom is 0.227 e. The zero-order chi connectivity index (χ0) is 23.8. The van der Waals surface area contributed by atoms with Gasteiger partial charge in [-0.05, 0) is 56.6 Å². The second-order valence-electron chi connectivity index (χ2n) is 8.45. The number of nitrogens with zero attached hydrogens (tertiary/aromatic N) is 4. The second-order valence-corrected chi connectivity index (χ2v) is 8.45. The number of anilines is 3. The van der Waals surface area contributed by atoms with Crippen LogP contribution in [0.15, 0.2) is 54.7 Å². The average Bonchev–Trinajstić information content (AvgIpc) is 2.85. The summed E-state index contributed by atoms with van der Waals surface area (Å²) >= 11 is 0. The van der Waals surface area contributed by atoms with Gasteiger partial charge < -0.3 is 25.0 Å². The standard InChI is InChI=1S/C26H30N6O2/c1-32(2)13-12-28-21-4-3-5-22(17-21)30-26-29-11-8-24(31-26)19-6-7-25(20(16-19)18-27)34-23-9-14-33-15-10-23/h3-8,11,16-17,23,28H,9-10,12-15H2,1-2H3,(H,29,30,31). The molecule has 1 aliphatic heterocycles. The molecule has 4 rings (SSSR count). The summed E-state index contributed by atoms with van der Waals surface area (Å²) in [5.41, 5.74) is 3.98. The highest BCUT2D eigenvalue weighted by Gasteiger charge is 2.17. The van der Waals surface area contributed by atoms with E-state index in [1.807, 2.05) is 48.5 Å². The third-order valence-corrected chi connectivity index (χ3v) is 5.52. The van der Waals surface area contributed by atoms with E-state index in [2.05, 4.69) is 45.7 Å². The Kier molecular flexibility index (Phi) is 7.91. The van der Waals surface area contributed by atoms with Crippen LogP contribution in [-0.4, -0.2) is 61.4 Å². The molecule has 1 aromatic heterocycles. The number of ether oxygens (including phenoxy) is 2. The molecule has 0 radical (unpaired) electrons. The highest BCUT2D eigenvalue weighted by Crippen LogP contribution is 2.28. The number of benzene rings is 2. The molecule has 0 bridgehead atoms. The van der Waals surface area contributed by atoms with Crippen molar-refractivity contribution >= 4 is 17.3 Å². The minimum atomic E-state index is 0.0784. The van der Waals surface area contributed by atoms with Crippen LogP contribution in [0.2, 0.25) is 0 Å². The molecule has 8 nitrogen and oxygen atoms in total. The van der Waals surface area contributed by atoms with E-state index in [4.69, 9.17) is 9.47 Å². The Labute approximate surface area is 200 Å². The summed E-state index contributed by atoms with van der Waals surface area (Å²) < 4.78 is 11.5. The van der Waals surface area contributed by atoms with E-state index in [-0.39, 0.29) is 6.10 Å².